The second kappa shape index (κ2) is 7.34. The summed E-state index contributed by atoms with van der Waals surface area (Å²) in [5.74, 6) is -0.863. The van der Waals surface area contributed by atoms with Crippen molar-refractivity contribution in [2.24, 2.45) is 5.92 Å². The smallest absolute Gasteiger partial charge is 0.311 e. The molecule has 0 spiro atoms. The van der Waals surface area contributed by atoms with E-state index in [4.69, 9.17) is 9.15 Å². The van der Waals surface area contributed by atoms with E-state index in [1.54, 1.807) is 36.4 Å². The largest absolute Gasteiger partial charge is 0.467 e. The number of H-pyrrole nitrogens is 1. The molecule has 0 saturated carbocycles. The Morgan fingerprint density at radius 1 is 1.29 bits per heavy atom. The van der Waals surface area contributed by atoms with Gasteiger partial charge in [0.25, 0.3) is 0 Å². The van der Waals surface area contributed by atoms with E-state index in [0.29, 0.717) is 17.9 Å². The summed E-state index contributed by atoms with van der Waals surface area (Å²) < 4.78 is 10.7. The predicted molar refractivity (Wildman–Crippen MR) is 100 cm³/mol. The molecule has 1 aliphatic heterocycles. The monoisotopic (exact) mass is 380 g/mol. The van der Waals surface area contributed by atoms with Crippen LogP contribution < -0.4 is 0 Å². The van der Waals surface area contributed by atoms with E-state index >= 15 is 0 Å². The molecule has 144 valence electrons. The van der Waals surface area contributed by atoms with Crippen LogP contribution in [0.25, 0.3) is 10.9 Å². The summed E-state index contributed by atoms with van der Waals surface area (Å²) >= 11 is 0. The number of nitrogens with one attached hydrogen (secondary N) is 1. The van der Waals surface area contributed by atoms with Crippen molar-refractivity contribution in [2.75, 3.05) is 6.54 Å². The first-order valence-electron chi connectivity index (χ1n) is 9.14. The molecule has 1 aliphatic rings. The molecule has 4 rings (SSSR count). The molecule has 7 nitrogen and oxygen atoms in total. The van der Waals surface area contributed by atoms with Crippen molar-refractivity contribution in [3.63, 3.8) is 0 Å². The molecule has 28 heavy (non-hydrogen) atoms. The Bertz CT molecular complexity index is 1020. The van der Waals surface area contributed by atoms with Crippen LogP contribution in [0.3, 0.4) is 0 Å². The summed E-state index contributed by atoms with van der Waals surface area (Å²) in [5.41, 5.74) is 1.33. The number of carbonyl (C=O) groups is 3. The van der Waals surface area contributed by atoms with Gasteiger partial charge in [0.05, 0.1) is 18.7 Å². The van der Waals surface area contributed by atoms with Gasteiger partial charge in [-0.05, 0) is 25.1 Å². The van der Waals surface area contributed by atoms with Crippen molar-refractivity contribution >= 4 is 28.6 Å². The summed E-state index contributed by atoms with van der Waals surface area (Å²) in [4.78, 5) is 42.0. The lowest BCUT2D eigenvalue weighted by Crippen LogP contribution is -2.30. The van der Waals surface area contributed by atoms with Gasteiger partial charge >= 0.3 is 5.97 Å². The first kappa shape index (κ1) is 18.0. The van der Waals surface area contributed by atoms with E-state index in [1.165, 1.54) is 0 Å². The molecule has 1 amide bonds. The van der Waals surface area contributed by atoms with Gasteiger partial charge in [0.1, 0.15) is 5.76 Å². The van der Waals surface area contributed by atoms with Crippen LogP contribution in [-0.4, -0.2) is 40.2 Å². The first-order chi connectivity index (χ1) is 13.5. The van der Waals surface area contributed by atoms with Gasteiger partial charge in [-0.25, -0.2) is 0 Å². The van der Waals surface area contributed by atoms with Gasteiger partial charge in [-0.15, -0.1) is 0 Å². The minimum atomic E-state index is -0.930. The summed E-state index contributed by atoms with van der Waals surface area (Å²) in [7, 11) is 0. The number of aromatic amines is 1. The van der Waals surface area contributed by atoms with Crippen LogP contribution in [0.15, 0.2) is 53.3 Å². The standard InChI is InChI=1S/C21H20N2O5/c1-13(20(25)17-10-22-18-7-3-2-6-16(17)18)28-21(26)14-9-19(24)23(11-14)12-15-5-4-8-27-15/h2-8,10,13-14,22H,9,11-12H2,1H3/t13-,14+/m0/s1. The quantitative estimate of drug-likeness (QED) is 0.524. The number of esters is 1. The number of ether oxygens (including phenoxy) is 1. The van der Waals surface area contributed by atoms with Crippen molar-refractivity contribution < 1.29 is 23.5 Å². The van der Waals surface area contributed by atoms with Crippen molar-refractivity contribution in [1.29, 1.82) is 0 Å². The Hall–Kier alpha value is -3.35. The molecule has 1 aromatic carbocycles. The van der Waals surface area contributed by atoms with E-state index in [0.717, 1.165) is 10.9 Å². The van der Waals surface area contributed by atoms with Crippen molar-refractivity contribution in [1.82, 2.24) is 9.88 Å². The molecule has 1 saturated heterocycles. The second-order valence-electron chi connectivity index (χ2n) is 6.95. The Morgan fingerprint density at radius 2 is 2.11 bits per heavy atom. The van der Waals surface area contributed by atoms with Crippen LogP contribution in [-0.2, 0) is 20.9 Å². The lowest BCUT2D eigenvalue weighted by Gasteiger charge is -2.16. The molecule has 0 unspecified atom stereocenters. The van der Waals surface area contributed by atoms with Gasteiger partial charge in [-0.3, -0.25) is 14.4 Å². The molecule has 7 heteroatoms. The van der Waals surface area contributed by atoms with Crippen molar-refractivity contribution in [3.8, 4) is 0 Å². The first-order valence-corrected chi connectivity index (χ1v) is 9.14. The zero-order valence-electron chi connectivity index (χ0n) is 15.4. The van der Waals surface area contributed by atoms with E-state index in [2.05, 4.69) is 4.98 Å². The highest BCUT2D eigenvalue weighted by Gasteiger charge is 2.37. The van der Waals surface area contributed by atoms with E-state index in [9.17, 15) is 14.4 Å². The summed E-state index contributed by atoms with van der Waals surface area (Å²) in [6, 6.07) is 11.0. The molecule has 0 aliphatic carbocycles. The maximum absolute atomic E-state index is 12.7. The number of rotatable bonds is 6. The number of nitrogens with zero attached hydrogens (tertiary/aromatic N) is 1. The van der Waals surface area contributed by atoms with Gasteiger partial charge in [0, 0.05) is 35.6 Å². The average Bonchev–Trinajstić information content (AvgIpc) is 3.42. The zero-order chi connectivity index (χ0) is 19.7. The lowest BCUT2D eigenvalue weighted by molar-refractivity contribution is -0.151. The van der Waals surface area contributed by atoms with Gasteiger partial charge in [-0.1, -0.05) is 18.2 Å². The van der Waals surface area contributed by atoms with E-state index < -0.39 is 18.0 Å². The van der Waals surface area contributed by atoms with Crippen LogP contribution in [0.2, 0.25) is 0 Å². The van der Waals surface area contributed by atoms with E-state index in [-0.39, 0.29) is 24.7 Å². The zero-order valence-corrected chi connectivity index (χ0v) is 15.4. The number of furan rings is 1. The Kier molecular flexibility index (Phi) is 4.73. The average molecular weight is 380 g/mol. The summed E-state index contributed by atoms with van der Waals surface area (Å²) in [6.45, 7) is 2.13. The molecular weight excluding hydrogens is 360 g/mol. The van der Waals surface area contributed by atoms with Gasteiger partial charge in [0.15, 0.2) is 6.10 Å². The number of hydrogen-bond donors (Lipinski definition) is 1. The molecule has 1 fully saturated rings. The van der Waals surface area contributed by atoms with Gasteiger partial charge in [-0.2, -0.15) is 0 Å². The maximum Gasteiger partial charge on any atom is 0.311 e. The fourth-order valence-electron chi connectivity index (χ4n) is 3.49. The number of para-hydroxylation sites is 1. The number of hydrogen-bond acceptors (Lipinski definition) is 5. The fourth-order valence-corrected chi connectivity index (χ4v) is 3.49. The topological polar surface area (TPSA) is 92.6 Å². The number of amides is 1. The molecule has 0 bridgehead atoms. The number of benzene rings is 1. The van der Waals surface area contributed by atoms with Crippen LogP contribution in [0.4, 0.5) is 0 Å². The van der Waals surface area contributed by atoms with E-state index in [1.807, 2.05) is 24.3 Å². The number of Topliss-reactive ketones (excluding diaryl/α,β-unsaturated/α-hetero) is 1. The van der Waals surface area contributed by atoms with Crippen LogP contribution in [0.1, 0.15) is 29.5 Å². The van der Waals surface area contributed by atoms with Crippen LogP contribution in [0.5, 0.6) is 0 Å². The van der Waals surface area contributed by atoms with Gasteiger partial charge < -0.3 is 19.0 Å². The highest BCUT2D eigenvalue weighted by molar-refractivity contribution is 6.10. The number of likely N-dealkylation sites (tertiary alicyclic amines) is 1. The van der Waals surface area contributed by atoms with Crippen LogP contribution >= 0.6 is 0 Å². The summed E-state index contributed by atoms with van der Waals surface area (Å²) in [6.07, 6.45) is 2.32. The number of aromatic nitrogens is 1. The van der Waals surface area contributed by atoms with Gasteiger partial charge in [0.2, 0.25) is 11.7 Å². The Morgan fingerprint density at radius 3 is 2.89 bits per heavy atom. The third kappa shape index (κ3) is 3.43. The normalized spacial score (nSPS) is 17.8. The molecule has 3 heterocycles. The summed E-state index contributed by atoms with van der Waals surface area (Å²) in [5, 5.41) is 0.788. The molecule has 3 aromatic rings. The molecular formula is C21H20N2O5. The lowest BCUT2D eigenvalue weighted by atomic mass is 10.1. The minimum absolute atomic E-state index is 0.0769. The minimum Gasteiger partial charge on any atom is -0.467 e. The van der Waals surface area contributed by atoms with Crippen molar-refractivity contribution in [3.05, 3.63) is 60.2 Å². The third-order valence-corrected chi connectivity index (χ3v) is 4.99. The number of ketones is 1. The fraction of sp³-hybridized carbons (Fsp3) is 0.286. The number of fused-ring (bicyclic) bond motifs is 1. The highest BCUT2D eigenvalue weighted by Crippen LogP contribution is 2.24. The second-order valence-corrected chi connectivity index (χ2v) is 6.95. The highest BCUT2D eigenvalue weighted by atomic mass is 16.5. The molecule has 1 N–H and O–H groups in total. The molecule has 2 aromatic heterocycles. The van der Waals surface area contributed by atoms with Crippen molar-refractivity contribution in [2.45, 2.75) is 26.0 Å². The molecule has 2 atom stereocenters. The molecule has 0 radical (unpaired) electrons. The Labute approximate surface area is 161 Å². The Balaban J connectivity index is 1.39. The maximum atomic E-state index is 12.7. The SMILES string of the molecule is C[C@H](OC(=O)[C@@H]1CC(=O)N(Cc2ccco2)C1)C(=O)c1c[nH]c2ccccc12. The predicted octanol–water partition coefficient (Wildman–Crippen LogP) is 2.92. The van der Waals surface area contributed by atoms with Crippen LogP contribution in [0, 0.1) is 5.92 Å². The number of carbonyl (C=O) groups excluding carboxylic acids is 3. The third-order valence-electron chi connectivity index (χ3n) is 4.99.